The second-order valence-corrected chi connectivity index (χ2v) is 5.36. The number of ether oxygens (including phenoxy) is 1. The topological polar surface area (TPSA) is 77.8 Å². The van der Waals surface area contributed by atoms with E-state index >= 15 is 0 Å². The van der Waals surface area contributed by atoms with Crippen LogP contribution in [0.1, 0.15) is 22.8 Å². The summed E-state index contributed by atoms with van der Waals surface area (Å²) in [5, 5.41) is 0.760. The second kappa shape index (κ2) is 6.58. The van der Waals surface area contributed by atoms with Gasteiger partial charge in [0.25, 0.3) is 5.91 Å². The Hall–Kier alpha value is -3.08. The van der Waals surface area contributed by atoms with Crippen molar-refractivity contribution < 1.29 is 13.9 Å². The molecule has 0 atom stereocenters. The summed E-state index contributed by atoms with van der Waals surface area (Å²) in [4.78, 5) is 16.3. The minimum atomic E-state index is -0.582. The number of para-hydroxylation sites is 1. The molecule has 0 aliphatic rings. The summed E-state index contributed by atoms with van der Waals surface area (Å²) >= 11 is 0. The Morgan fingerprint density at radius 3 is 2.71 bits per heavy atom. The van der Waals surface area contributed by atoms with Gasteiger partial charge in [0.2, 0.25) is 5.55 Å². The van der Waals surface area contributed by atoms with Crippen LogP contribution in [0, 0.1) is 6.92 Å². The first-order chi connectivity index (χ1) is 11.6. The van der Waals surface area contributed by atoms with E-state index in [4.69, 9.17) is 14.9 Å². The molecular formula is C19H18N2O3. The number of rotatable bonds is 4. The van der Waals surface area contributed by atoms with E-state index in [1.54, 1.807) is 12.1 Å². The molecule has 5 heteroatoms. The van der Waals surface area contributed by atoms with Crippen LogP contribution < -0.4 is 16.0 Å². The molecule has 122 valence electrons. The van der Waals surface area contributed by atoms with E-state index in [2.05, 4.69) is 4.99 Å². The third-order valence-electron chi connectivity index (χ3n) is 3.64. The molecule has 0 aliphatic heterocycles. The fourth-order valence-electron chi connectivity index (χ4n) is 2.41. The number of hydrogen-bond donors (Lipinski definition) is 1. The van der Waals surface area contributed by atoms with Crippen LogP contribution in [-0.2, 0) is 0 Å². The zero-order valence-corrected chi connectivity index (χ0v) is 13.6. The van der Waals surface area contributed by atoms with Crippen molar-refractivity contribution >= 4 is 22.6 Å². The first-order valence-corrected chi connectivity index (χ1v) is 7.69. The fourth-order valence-corrected chi connectivity index (χ4v) is 2.41. The van der Waals surface area contributed by atoms with Gasteiger partial charge in [-0.3, -0.25) is 4.79 Å². The maximum atomic E-state index is 11.8. The molecule has 1 amide bonds. The Morgan fingerprint density at radius 1 is 1.21 bits per heavy atom. The van der Waals surface area contributed by atoms with Crippen LogP contribution in [0.4, 0.5) is 5.69 Å². The molecular weight excluding hydrogens is 304 g/mol. The number of benzene rings is 2. The molecule has 0 fully saturated rings. The summed E-state index contributed by atoms with van der Waals surface area (Å²) < 4.78 is 11.3. The van der Waals surface area contributed by atoms with Gasteiger partial charge in [-0.05, 0) is 43.7 Å². The molecule has 0 unspecified atom stereocenters. The largest absolute Gasteiger partial charge is 0.494 e. The summed E-state index contributed by atoms with van der Waals surface area (Å²) in [7, 11) is 0. The number of amides is 1. The van der Waals surface area contributed by atoms with Gasteiger partial charge >= 0.3 is 0 Å². The van der Waals surface area contributed by atoms with Crippen molar-refractivity contribution in [1.82, 2.24) is 0 Å². The number of nitrogens with zero attached hydrogens (tertiary/aromatic N) is 1. The number of aryl methyl sites for hydroxylation is 1. The normalized spacial score (nSPS) is 11.7. The molecule has 1 heterocycles. The van der Waals surface area contributed by atoms with Gasteiger partial charge in [0, 0.05) is 11.5 Å². The Bertz CT molecular complexity index is 974. The van der Waals surface area contributed by atoms with E-state index in [1.807, 2.05) is 50.2 Å². The SMILES string of the molecule is CCOc1ccc2cc(C(N)=O)c(=Nc3ccccc3C)oc2c1. The van der Waals surface area contributed by atoms with Crippen molar-refractivity contribution in [2.24, 2.45) is 10.7 Å². The van der Waals surface area contributed by atoms with Crippen molar-refractivity contribution in [3.63, 3.8) is 0 Å². The van der Waals surface area contributed by atoms with Crippen LogP contribution >= 0.6 is 0 Å². The predicted octanol–water partition coefficient (Wildman–Crippen LogP) is 3.47. The lowest BCUT2D eigenvalue weighted by Crippen LogP contribution is -2.21. The maximum absolute atomic E-state index is 11.8. The lowest BCUT2D eigenvalue weighted by molar-refractivity contribution is 0.0996. The average molecular weight is 322 g/mol. The molecule has 0 spiro atoms. The monoisotopic (exact) mass is 322 g/mol. The first kappa shape index (κ1) is 15.8. The summed E-state index contributed by atoms with van der Waals surface area (Å²) in [5.74, 6) is 0.115. The van der Waals surface area contributed by atoms with E-state index in [0.29, 0.717) is 17.9 Å². The van der Waals surface area contributed by atoms with Crippen LogP contribution in [0.15, 0.2) is 57.9 Å². The van der Waals surface area contributed by atoms with E-state index in [1.165, 1.54) is 0 Å². The molecule has 0 aliphatic carbocycles. The highest BCUT2D eigenvalue weighted by atomic mass is 16.5. The van der Waals surface area contributed by atoms with Crippen LogP contribution in [0.25, 0.3) is 11.0 Å². The maximum Gasteiger partial charge on any atom is 0.254 e. The van der Waals surface area contributed by atoms with Crippen molar-refractivity contribution in [3.8, 4) is 5.75 Å². The lowest BCUT2D eigenvalue weighted by atomic mass is 10.1. The molecule has 0 radical (unpaired) electrons. The highest BCUT2D eigenvalue weighted by Crippen LogP contribution is 2.22. The van der Waals surface area contributed by atoms with Crippen molar-refractivity contribution in [2.75, 3.05) is 6.61 Å². The smallest absolute Gasteiger partial charge is 0.254 e. The Balaban J connectivity index is 2.26. The minimum absolute atomic E-state index is 0.193. The molecule has 0 saturated heterocycles. The molecule has 2 aromatic carbocycles. The summed E-state index contributed by atoms with van der Waals surface area (Å²) in [6.45, 7) is 4.42. The number of primary amides is 1. The lowest BCUT2D eigenvalue weighted by Gasteiger charge is -2.06. The highest BCUT2D eigenvalue weighted by molar-refractivity contribution is 5.95. The minimum Gasteiger partial charge on any atom is -0.494 e. The zero-order chi connectivity index (χ0) is 17.1. The number of carbonyl (C=O) groups is 1. The van der Waals surface area contributed by atoms with Gasteiger partial charge in [0.1, 0.15) is 16.9 Å². The number of hydrogen-bond acceptors (Lipinski definition) is 4. The van der Waals surface area contributed by atoms with E-state index in [0.717, 1.165) is 16.6 Å². The van der Waals surface area contributed by atoms with E-state index < -0.39 is 5.91 Å². The molecule has 3 aromatic rings. The first-order valence-electron chi connectivity index (χ1n) is 7.69. The molecule has 0 saturated carbocycles. The molecule has 1 aromatic heterocycles. The van der Waals surface area contributed by atoms with Crippen molar-refractivity contribution in [1.29, 1.82) is 0 Å². The predicted molar refractivity (Wildman–Crippen MR) is 92.3 cm³/mol. The zero-order valence-electron chi connectivity index (χ0n) is 13.6. The van der Waals surface area contributed by atoms with E-state index in [-0.39, 0.29) is 11.1 Å². The standard InChI is InChI=1S/C19H18N2O3/c1-3-23-14-9-8-13-10-15(18(20)22)19(24-17(13)11-14)21-16-7-5-4-6-12(16)2/h4-11H,3H2,1-2H3,(H2,20,22). The summed E-state index contributed by atoms with van der Waals surface area (Å²) in [6.07, 6.45) is 0. The molecule has 2 N–H and O–H groups in total. The van der Waals surface area contributed by atoms with Crippen LogP contribution in [0.2, 0.25) is 0 Å². The van der Waals surface area contributed by atoms with Crippen LogP contribution in [0.3, 0.4) is 0 Å². The Kier molecular flexibility index (Phi) is 4.33. The third kappa shape index (κ3) is 3.15. The van der Waals surface area contributed by atoms with Gasteiger partial charge in [-0.15, -0.1) is 0 Å². The number of nitrogens with two attached hydrogens (primary N) is 1. The van der Waals surface area contributed by atoms with Gasteiger partial charge < -0.3 is 14.9 Å². The van der Waals surface area contributed by atoms with Gasteiger partial charge in [-0.25, -0.2) is 4.99 Å². The molecule has 3 rings (SSSR count). The fraction of sp³-hybridized carbons (Fsp3) is 0.158. The van der Waals surface area contributed by atoms with Gasteiger partial charge in [0.15, 0.2) is 0 Å². The summed E-state index contributed by atoms with van der Waals surface area (Å²) in [6, 6.07) is 14.7. The molecule has 24 heavy (non-hydrogen) atoms. The average Bonchev–Trinajstić information content (AvgIpc) is 2.56. The van der Waals surface area contributed by atoms with Crippen molar-refractivity contribution in [3.05, 3.63) is 65.2 Å². The highest BCUT2D eigenvalue weighted by Gasteiger charge is 2.10. The Labute approximate surface area is 139 Å². The Morgan fingerprint density at radius 2 is 2.00 bits per heavy atom. The molecule has 5 nitrogen and oxygen atoms in total. The van der Waals surface area contributed by atoms with Gasteiger partial charge in [-0.2, -0.15) is 0 Å². The quantitative estimate of drug-likeness (QED) is 0.799. The number of fused-ring (bicyclic) bond motifs is 1. The van der Waals surface area contributed by atoms with Gasteiger partial charge in [-0.1, -0.05) is 18.2 Å². The van der Waals surface area contributed by atoms with Crippen LogP contribution in [-0.4, -0.2) is 12.5 Å². The third-order valence-corrected chi connectivity index (χ3v) is 3.64. The van der Waals surface area contributed by atoms with Gasteiger partial charge in [0.05, 0.1) is 12.3 Å². The number of carbonyl (C=O) groups excluding carboxylic acids is 1. The summed E-state index contributed by atoms with van der Waals surface area (Å²) in [5.41, 5.74) is 8.21. The van der Waals surface area contributed by atoms with Crippen LogP contribution in [0.5, 0.6) is 5.75 Å². The second-order valence-electron chi connectivity index (χ2n) is 5.36. The van der Waals surface area contributed by atoms with E-state index in [9.17, 15) is 4.79 Å². The molecule has 0 bridgehead atoms. The van der Waals surface area contributed by atoms with Crippen molar-refractivity contribution in [2.45, 2.75) is 13.8 Å².